The first-order chi connectivity index (χ1) is 41.4. The van der Waals surface area contributed by atoms with Crippen molar-refractivity contribution in [3.8, 4) is 0 Å². The second-order valence-corrected chi connectivity index (χ2v) is 24.6. The molecule has 0 aromatic heterocycles. The SMILES string of the molecule is CC/C=C\C/C=C\C/C=C\C/C=C\C/C=C\C/C=C\CCCCCCCCC(=O)NC(COP(=O)([O-])OCC[N+](C)(C)C)C(/C=C/CCCCCCCCCCC)OC(=O)CCCCCC/C=C\C/C=C\C/C=C\C/C=C\C/C=C\C/C=C\CC. The number of rotatable bonds is 59. The van der Waals surface area contributed by atoms with E-state index in [9.17, 15) is 19.0 Å². The fraction of sp³-hybridized carbons (Fsp3) is 0.627. The summed E-state index contributed by atoms with van der Waals surface area (Å²) in [6.45, 7) is 6.56. The van der Waals surface area contributed by atoms with Gasteiger partial charge < -0.3 is 28.5 Å². The monoisotopic (exact) mass is 1200 g/mol. The third-order valence-electron chi connectivity index (χ3n) is 14.0. The number of carbonyl (C=O) groups excluding carboxylic acids is 2. The van der Waals surface area contributed by atoms with E-state index >= 15 is 0 Å². The van der Waals surface area contributed by atoms with Crippen molar-refractivity contribution in [3.63, 3.8) is 0 Å². The Morgan fingerprint density at radius 2 is 0.753 bits per heavy atom. The van der Waals surface area contributed by atoms with E-state index in [0.717, 1.165) is 161 Å². The maximum Gasteiger partial charge on any atom is 0.306 e. The number of esters is 1. The fourth-order valence-electron chi connectivity index (χ4n) is 8.82. The number of hydrogen-bond donors (Lipinski definition) is 1. The molecule has 0 saturated heterocycles. The van der Waals surface area contributed by atoms with E-state index in [-0.39, 0.29) is 31.3 Å². The van der Waals surface area contributed by atoms with E-state index in [1.54, 1.807) is 0 Å². The summed E-state index contributed by atoms with van der Waals surface area (Å²) in [6.07, 6.45) is 92.2. The summed E-state index contributed by atoms with van der Waals surface area (Å²) in [4.78, 5) is 40.1. The van der Waals surface area contributed by atoms with Gasteiger partial charge in [0.05, 0.1) is 33.8 Å². The first-order valence-corrected chi connectivity index (χ1v) is 35.3. The number of ether oxygens (including phenoxy) is 1. The van der Waals surface area contributed by atoms with Crippen LogP contribution in [0.5, 0.6) is 0 Å². The fourth-order valence-corrected chi connectivity index (χ4v) is 9.54. The maximum atomic E-state index is 13.6. The van der Waals surface area contributed by atoms with Gasteiger partial charge in [0, 0.05) is 12.8 Å². The van der Waals surface area contributed by atoms with Crippen molar-refractivity contribution in [1.82, 2.24) is 5.32 Å². The van der Waals surface area contributed by atoms with Crippen LogP contribution in [-0.2, 0) is 27.9 Å². The quantitative estimate of drug-likeness (QED) is 0.0212. The topological polar surface area (TPSA) is 114 Å². The molecule has 0 radical (unpaired) electrons. The molecule has 0 bridgehead atoms. The largest absolute Gasteiger partial charge is 0.756 e. The maximum absolute atomic E-state index is 13.6. The van der Waals surface area contributed by atoms with Gasteiger partial charge in [-0.05, 0) is 134 Å². The highest BCUT2D eigenvalue weighted by atomic mass is 31.2. The molecule has 0 aliphatic rings. The van der Waals surface area contributed by atoms with Crippen LogP contribution in [0.15, 0.2) is 158 Å². The van der Waals surface area contributed by atoms with Crippen molar-refractivity contribution in [1.29, 1.82) is 0 Å². The Hall–Kier alpha value is -4.37. The van der Waals surface area contributed by atoms with Gasteiger partial charge >= 0.3 is 5.97 Å². The molecule has 0 aliphatic heterocycles. The van der Waals surface area contributed by atoms with Gasteiger partial charge in [-0.1, -0.05) is 263 Å². The Morgan fingerprint density at radius 1 is 0.424 bits per heavy atom. The summed E-state index contributed by atoms with van der Waals surface area (Å²) in [5.74, 6) is -0.600. The van der Waals surface area contributed by atoms with Crippen LogP contribution in [0.4, 0.5) is 0 Å². The van der Waals surface area contributed by atoms with E-state index in [1.807, 2.05) is 33.3 Å². The predicted octanol–water partition coefficient (Wildman–Crippen LogP) is 20.9. The normalized spacial score (nSPS) is 14.6. The van der Waals surface area contributed by atoms with Crippen molar-refractivity contribution in [2.75, 3.05) is 40.9 Å². The Labute approximate surface area is 522 Å². The Balaban J connectivity index is 5.21. The Bertz CT molecular complexity index is 2010. The second kappa shape index (κ2) is 62.7. The molecule has 0 aromatic carbocycles. The van der Waals surface area contributed by atoms with Crippen LogP contribution >= 0.6 is 7.82 Å². The van der Waals surface area contributed by atoms with E-state index in [4.69, 9.17) is 13.8 Å². The average molecular weight is 1200 g/mol. The van der Waals surface area contributed by atoms with Crippen LogP contribution in [0.3, 0.4) is 0 Å². The number of phosphoric ester groups is 1. The van der Waals surface area contributed by atoms with Gasteiger partial charge in [0.2, 0.25) is 5.91 Å². The molecule has 0 saturated carbocycles. The molecule has 0 spiro atoms. The van der Waals surface area contributed by atoms with Crippen LogP contribution in [0.1, 0.15) is 252 Å². The molecule has 1 amide bonds. The molecule has 0 aromatic rings. The van der Waals surface area contributed by atoms with E-state index in [0.29, 0.717) is 23.9 Å². The molecule has 0 heterocycles. The molecule has 85 heavy (non-hydrogen) atoms. The molecule has 10 heteroatoms. The second-order valence-electron chi connectivity index (χ2n) is 23.2. The third-order valence-corrected chi connectivity index (χ3v) is 14.9. The molecule has 0 rings (SSSR count). The number of phosphoric acid groups is 1. The summed E-state index contributed by atoms with van der Waals surface area (Å²) < 4.78 is 30.3. The number of allylic oxidation sites excluding steroid dienone is 25. The van der Waals surface area contributed by atoms with Gasteiger partial charge in [-0.2, -0.15) is 0 Å². The van der Waals surface area contributed by atoms with Crippen LogP contribution in [0.2, 0.25) is 0 Å². The number of unbranched alkanes of at least 4 members (excludes halogenated alkanes) is 19. The lowest BCUT2D eigenvalue weighted by atomic mass is 10.1. The van der Waals surface area contributed by atoms with Crippen LogP contribution in [0, 0.1) is 0 Å². The van der Waals surface area contributed by atoms with Crippen LogP contribution < -0.4 is 10.2 Å². The average Bonchev–Trinajstić information content (AvgIpc) is 3.64. The lowest BCUT2D eigenvalue weighted by Gasteiger charge is -2.30. The first-order valence-electron chi connectivity index (χ1n) is 33.8. The third kappa shape index (κ3) is 63.9. The lowest BCUT2D eigenvalue weighted by Crippen LogP contribution is -2.47. The molecule has 0 fully saturated rings. The smallest absolute Gasteiger partial charge is 0.306 e. The van der Waals surface area contributed by atoms with Crippen molar-refractivity contribution in [3.05, 3.63) is 158 Å². The van der Waals surface area contributed by atoms with Crippen molar-refractivity contribution in [2.24, 2.45) is 0 Å². The molecule has 9 nitrogen and oxygen atoms in total. The van der Waals surface area contributed by atoms with E-state index < -0.39 is 26.6 Å². The zero-order chi connectivity index (χ0) is 62.1. The van der Waals surface area contributed by atoms with E-state index in [2.05, 4.69) is 172 Å². The van der Waals surface area contributed by atoms with Gasteiger partial charge in [-0.25, -0.2) is 0 Å². The van der Waals surface area contributed by atoms with Gasteiger partial charge in [-0.15, -0.1) is 0 Å². The summed E-state index contributed by atoms with van der Waals surface area (Å²) >= 11 is 0. The molecule has 482 valence electrons. The Morgan fingerprint density at radius 3 is 1.13 bits per heavy atom. The van der Waals surface area contributed by atoms with E-state index in [1.165, 1.54) is 44.9 Å². The minimum absolute atomic E-state index is 0.0394. The van der Waals surface area contributed by atoms with Gasteiger partial charge in [0.15, 0.2) is 0 Å². The highest BCUT2D eigenvalue weighted by Gasteiger charge is 2.27. The number of carbonyl (C=O) groups is 2. The van der Waals surface area contributed by atoms with Gasteiger partial charge in [-0.3, -0.25) is 14.2 Å². The summed E-state index contributed by atoms with van der Waals surface area (Å²) in [6, 6.07) is -0.921. The molecular weight excluding hydrogens is 1070 g/mol. The number of quaternary nitrogens is 1. The standard InChI is InChI=1S/C75H125N2O7P/c1-7-10-13-16-19-22-25-27-29-31-33-35-37-38-40-41-43-45-47-49-52-55-58-61-64-67-74(78)76-72(71-83-85(80,81)82-70-69-77(4,5)6)73(66-63-60-57-54-51-24-21-18-15-12-9-3)84-75(79)68-65-62-59-56-53-50-48-46-44-42-39-36-34-32-30-28-26-23-20-17-14-11-8-2/h10-11,13-14,19-20,22-23,27-30,33-36,38,40,42-45,48,50,63,66,72-73H,7-9,12,15-18,21,24-26,31-32,37,39,41,46-47,49,51-62,64-65,67-71H2,1-6H3,(H-,76,78,80,81)/b13-10-,14-11-,22-19-,23-20-,29-27-,30-28-,35-33-,36-34-,40-38-,44-42-,45-43-,50-48-,66-63+. The predicted molar refractivity (Wildman–Crippen MR) is 366 cm³/mol. The number of nitrogens with one attached hydrogen (secondary N) is 1. The Kier molecular flexibility index (Phi) is 59.5. The van der Waals surface area contributed by atoms with Gasteiger partial charge in [0.25, 0.3) is 7.82 Å². The minimum Gasteiger partial charge on any atom is -0.756 e. The van der Waals surface area contributed by atoms with Crippen molar-refractivity contribution >= 4 is 19.7 Å². The molecule has 1 N–H and O–H groups in total. The summed E-state index contributed by atoms with van der Waals surface area (Å²) in [5, 5.41) is 3.02. The number of amides is 1. The first kappa shape index (κ1) is 80.6. The van der Waals surface area contributed by atoms with Crippen LogP contribution in [0.25, 0.3) is 0 Å². The zero-order valence-corrected chi connectivity index (χ0v) is 55.9. The summed E-state index contributed by atoms with van der Waals surface area (Å²) in [7, 11) is 1.13. The minimum atomic E-state index is -4.73. The molecular formula is C75H125N2O7P. The van der Waals surface area contributed by atoms with Crippen molar-refractivity contribution in [2.45, 2.75) is 264 Å². The lowest BCUT2D eigenvalue weighted by molar-refractivity contribution is -0.870. The molecule has 3 unspecified atom stereocenters. The van der Waals surface area contributed by atoms with Gasteiger partial charge in [0.1, 0.15) is 19.3 Å². The number of nitrogens with zero attached hydrogens (tertiary/aromatic N) is 1. The molecule has 3 atom stereocenters. The molecule has 0 aliphatic carbocycles. The van der Waals surface area contributed by atoms with Crippen molar-refractivity contribution < 1.29 is 37.3 Å². The number of hydrogen-bond acceptors (Lipinski definition) is 7. The number of likely N-dealkylation sites (N-methyl/N-ethyl adjacent to an activating group) is 1. The van der Waals surface area contributed by atoms with Crippen LogP contribution in [-0.4, -0.2) is 69.4 Å². The highest BCUT2D eigenvalue weighted by Crippen LogP contribution is 2.38. The highest BCUT2D eigenvalue weighted by molar-refractivity contribution is 7.45. The summed E-state index contributed by atoms with van der Waals surface area (Å²) in [5.41, 5.74) is 0. The zero-order valence-electron chi connectivity index (χ0n) is 55.0.